The number of benzene rings is 2. The number of halogens is 3. The number of ether oxygens (including phenoxy) is 1. The average Bonchev–Trinajstić information content (AvgIpc) is 3.58. The molecule has 3 rings (SSSR count). The summed E-state index contributed by atoms with van der Waals surface area (Å²) in [5, 5.41) is 10.1. The van der Waals surface area contributed by atoms with Gasteiger partial charge in [-0.1, -0.05) is 29.8 Å². The third-order valence-electron chi connectivity index (χ3n) is 5.55. The van der Waals surface area contributed by atoms with Crippen molar-refractivity contribution in [2.45, 2.75) is 49.6 Å². The summed E-state index contributed by atoms with van der Waals surface area (Å²) in [5.74, 6) is -2.73. The van der Waals surface area contributed by atoms with Crippen LogP contribution in [0.15, 0.2) is 47.4 Å². The minimum Gasteiger partial charge on any atom is -0.475 e. The molecule has 3 N–H and O–H groups in total. The number of rotatable bonds is 9. The van der Waals surface area contributed by atoms with Gasteiger partial charge < -0.3 is 15.2 Å². The standard InChI is InChI=1S/C22H28N2O4S.C2HF3O2/c1-16-5-10-20(17(2)15-16)29(26,27)24-19-8-6-18(7-9-19)22(11-12-22)21(25)23-13-4-14-28-3;3-2(4,5)1(6)7/h5-10,15,24H,4,11-14H2,1-3H3,(H,23,25);(H,6,7). The van der Waals surface area contributed by atoms with Gasteiger partial charge in [0.05, 0.1) is 10.3 Å². The van der Waals surface area contributed by atoms with Crippen molar-refractivity contribution in [1.82, 2.24) is 5.32 Å². The Morgan fingerprint density at radius 1 is 1.08 bits per heavy atom. The number of carbonyl (C=O) groups is 2. The normalized spacial score (nSPS) is 14.3. The quantitative estimate of drug-likeness (QED) is 0.423. The van der Waals surface area contributed by atoms with E-state index in [2.05, 4.69) is 10.0 Å². The maximum atomic E-state index is 12.7. The van der Waals surface area contributed by atoms with E-state index in [1.807, 2.05) is 25.1 Å². The Kier molecular flexibility index (Phi) is 9.50. The Balaban J connectivity index is 0.000000572. The molecule has 0 aliphatic heterocycles. The van der Waals surface area contributed by atoms with Gasteiger partial charge in [0.25, 0.3) is 10.0 Å². The summed E-state index contributed by atoms with van der Waals surface area (Å²) in [7, 11) is -2.03. The maximum Gasteiger partial charge on any atom is 0.490 e. The zero-order valence-electron chi connectivity index (χ0n) is 20.1. The third-order valence-corrected chi connectivity index (χ3v) is 7.09. The van der Waals surface area contributed by atoms with Gasteiger partial charge in [-0.3, -0.25) is 9.52 Å². The second-order valence-electron chi connectivity index (χ2n) is 8.44. The van der Waals surface area contributed by atoms with Crippen LogP contribution in [0.4, 0.5) is 18.9 Å². The zero-order valence-corrected chi connectivity index (χ0v) is 20.9. The molecule has 36 heavy (non-hydrogen) atoms. The largest absolute Gasteiger partial charge is 0.490 e. The molecule has 0 aromatic heterocycles. The summed E-state index contributed by atoms with van der Waals surface area (Å²) in [6.45, 7) is 4.91. The molecule has 1 saturated carbocycles. The molecule has 0 bridgehead atoms. The number of hydrogen-bond donors (Lipinski definition) is 3. The number of aliphatic carboxylic acids is 1. The van der Waals surface area contributed by atoms with E-state index in [1.54, 1.807) is 38.3 Å². The lowest BCUT2D eigenvalue weighted by Crippen LogP contribution is -2.35. The Morgan fingerprint density at radius 2 is 1.67 bits per heavy atom. The van der Waals surface area contributed by atoms with E-state index < -0.39 is 27.6 Å². The molecule has 1 aliphatic rings. The van der Waals surface area contributed by atoms with Crippen LogP contribution in [0, 0.1) is 13.8 Å². The van der Waals surface area contributed by atoms with Crippen molar-refractivity contribution in [3.05, 3.63) is 59.2 Å². The number of carbonyl (C=O) groups excluding carboxylic acids is 1. The lowest BCUT2D eigenvalue weighted by molar-refractivity contribution is -0.192. The molecule has 198 valence electrons. The molecule has 1 aliphatic carbocycles. The highest BCUT2D eigenvalue weighted by molar-refractivity contribution is 7.92. The number of carboxylic acid groups (broad SMARTS) is 1. The fourth-order valence-electron chi connectivity index (χ4n) is 3.53. The van der Waals surface area contributed by atoms with Gasteiger partial charge in [-0.2, -0.15) is 13.2 Å². The lowest BCUT2D eigenvalue weighted by Gasteiger charge is -2.17. The predicted octanol–water partition coefficient (Wildman–Crippen LogP) is 3.92. The van der Waals surface area contributed by atoms with Gasteiger partial charge >= 0.3 is 12.1 Å². The summed E-state index contributed by atoms with van der Waals surface area (Å²) in [6.07, 6.45) is -2.70. The summed E-state index contributed by atoms with van der Waals surface area (Å²) in [6, 6.07) is 12.4. The molecule has 1 fully saturated rings. The molecule has 2 aromatic rings. The number of alkyl halides is 3. The van der Waals surface area contributed by atoms with Crippen molar-refractivity contribution >= 4 is 27.6 Å². The summed E-state index contributed by atoms with van der Waals surface area (Å²) >= 11 is 0. The molecule has 0 spiro atoms. The van der Waals surface area contributed by atoms with Gasteiger partial charge in [0, 0.05) is 25.9 Å². The van der Waals surface area contributed by atoms with Crippen molar-refractivity contribution in [2.24, 2.45) is 0 Å². The van der Waals surface area contributed by atoms with Gasteiger partial charge in [0.15, 0.2) is 0 Å². The Hall–Kier alpha value is -3.12. The number of methoxy groups -OCH3 is 1. The summed E-state index contributed by atoms with van der Waals surface area (Å²) < 4.78 is 64.8. The number of amides is 1. The Labute approximate surface area is 207 Å². The minimum absolute atomic E-state index is 0.0252. The molecular weight excluding hydrogens is 501 g/mol. The topological polar surface area (TPSA) is 122 Å². The van der Waals surface area contributed by atoms with Crippen molar-refractivity contribution in [3.8, 4) is 0 Å². The van der Waals surface area contributed by atoms with Crippen LogP contribution in [0.5, 0.6) is 0 Å². The molecule has 0 saturated heterocycles. The fourth-order valence-corrected chi connectivity index (χ4v) is 4.81. The number of nitrogens with one attached hydrogen (secondary N) is 2. The highest BCUT2D eigenvalue weighted by atomic mass is 32.2. The van der Waals surface area contributed by atoms with E-state index in [4.69, 9.17) is 14.6 Å². The second-order valence-corrected chi connectivity index (χ2v) is 10.1. The van der Waals surface area contributed by atoms with E-state index in [0.29, 0.717) is 24.4 Å². The minimum atomic E-state index is -5.08. The number of aryl methyl sites for hydroxylation is 2. The smallest absolute Gasteiger partial charge is 0.475 e. The molecule has 2 aromatic carbocycles. The second kappa shape index (κ2) is 11.7. The van der Waals surface area contributed by atoms with Crippen LogP contribution in [-0.2, 0) is 29.8 Å². The monoisotopic (exact) mass is 530 g/mol. The van der Waals surface area contributed by atoms with E-state index in [9.17, 15) is 26.4 Å². The summed E-state index contributed by atoms with van der Waals surface area (Å²) in [4.78, 5) is 21.8. The van der Waals surface area contributed by atoms with Gasteiger partial charge in [0.1, 0.15) is 0 Å². The number of sulfonamides is 1. The Morgan fingerprint density at radius 3 is 2.14 bits per heavy atom. The molecule has 0 atom stereocenters. The first-order valence-electron chi connectivity index (χ1n) is 11.0. The van der Waals surface area contributed by atoms with Crippen molar-refractivity contribution < 1.29 is 41.0 Å². The molecule has 1 amide bonds. The van der Waals surface area contributed by atoms with Crippen LogP contribution in [0.3, 0.4) is 0 Å². The molecule has 0 heterocycles. The van der Waals surface area contributed by atoms with E-state index in [0.717, 1.165) is 30.4 Å². The fraction of sp³-hybridized carbons (Fsp3) is 0.417. The SMILES string of the molecule is COCCCNC(=O)C1(c2ccc(NS(=O)(=O)c3ccc(C)cc3C)cc2)CC1.O=C(O)C(F)(F)F. The lowest BCUT2D eigenvalue weighted by atomic mass is 9.95. The van der Waals surface area contributed by atoms with Crippen molar-refractivity contribution in [2.75, 3.05) is 25.0 Å². The van der Waals surface area contributed by atoms with Gasteiger partial charge in [0.2, 0.25) is 5.91 Å². The number of hydrogen-bond acceptors (Lipinski definition) is 5. The van der Waals surface area contributed by atoms with Crippen LogP contribution in [0.2, 0.25) is 0 Å². The van der Waals surface area contributed by atoms with Crippen LogP contribution >= 0.6 is 0 Å². The van der Waals surface area contributed by atoms with E-state index in [-0.39, 0.29) is 10.8 Å². The third kappa shape index (κ3) is 7.69. The Bertz CT molecular complexity index is 1180. The van der Waals surface area contributed by atoms with Gasteiger partial charge in [-0.15, -0.1) is 0 Å². The number of anilines is 1. The first-order valence-corrected chi connectivity index (χ1v) is 12.5. The highest BCUT2D eigenvalue weighted by Gasteiger charge is 2.51. The molecular formula is C24H29F3N2O6S. The zero-order chi connectivity index (χ0) is 27.1. The molecule has 12 heteroatoms. The molecule has 8 nitrogen and oxygen atoms in total. The van der Waals surface area contributed by atoms with E-state index >= 15 is 0 Å². The van der Waals surface area contributed by atoms with Crippen LogP contribution in [0.25, 0.3) is 0 Å². The van der Waals surface area contributed by atoms with Gasteiger partial charge in [-0.25, -0.2) is 13.2 Å². The predicted molar refractivity (Wildman–Crippen MR) is 127 cm³/mol. The van der Waals surface area contributed by atoms with Crippen LogP contribution in [0.1, 0.15) is 36.0 Å². The highest BCUT2D eigenvalue weighted by Crippen LogP contribution is 2.48. The van der Waals surface area contributed by atoms with E-state index in [1.165, 1.54) is 0 Å². The average molecular weight is 531 g/mol. The van der Waals surface area contributed by atoms with Gasteiger partial charge in [-0.05, 0) is 62.4 Å². The van der Waals surface area contributed by atoms with Crippen LogP contribution in [-0.4, -0.2) is 51.8 Å². The van der Waals surface area contributed by atoms with Crippen LogP contribution < -0.4 is 10.0 Å². The first-order chi connectivity index (χ1) is 16.7. The maximum absolute atomic E-state index is 12.7. The van der Waals surface area contributed by atoms with Crippen molar-refractivity contribution in [3.63, 3.8) is 0 Å². The molecule has 0 unspecified atom stereocenters. The first kappa shape index (κ1) is 29.1. The summed E-state index contributed by atoms with van der Waals surface area (Å²) in [5.41, 5.74) is 2.62. The number of carboxylic acids is 1. The molecule has 0 radical (unpaired) electrons. The van der Waals surface area contributed by atoms with Crippen molar-refractivity contribution in [1.29, 1.82) is 0 Å².